The molecule has 5 heteroatoms. The molecule has 0 saturated heterocycles. The number of hydrogen-bond donors (Lipinski definition) is 2. The third-order valence-corrected chi connectivity index (χ3v) is 2.46. The molecule has 0 bridgehead atoms. The van der Waals surface area contributed by atoms with E-state index in [4.69, 9.17) is 5.73 Å². The number of nitrogens with zero attached hydrogens (tertiary/aromatic N) is 1. The number of amides is 1. The van der Waals surface area contributed by atoms with Crippen LogP contribution in [-0.4, -0.2) is 17.4 Å². The molecule has 1 aromatic carbocycles. The third kappa shape index (κ3) is 3.40. The van der Waals surface area contributed by atoms with Gasteiger partial charge in [0.25, 0.3) is 5.91 Å². The highest BCUT2D eigenvalue weighted by molar-refractivity contribution is 6.03. The molecule has 2 rings (SSSR count). The normalized spacial score (nSPS) is 9.50. The molecule has 0 saturated carbocycles. The van der Waals surface area contributed by atoms with Gasteiger partial charge in [0.1, 0.15) is 11.5 Å². The number of hydrogen-bond acceptors (Lipinski definition) is 3. The zero-order valence-electron chi connectivity index (χ0n) is 10.6. The summed E-state index contributed by atoms with van der Waals surface area (Å²) in [6, 6.07) is 9.59. The van der Waals surface area contributed by atoms with E-state index in [1.165, 1.54) is 12.1 Å². The maximum atomic E-state index is 12.8. The second kappa shape index (κ2) is 6.45. The van der Waals surface area contributed by atoms with Gasteiger partial charge in [-0.05, 0) is 24.3 Å². The van der Waals surface area contributed by atoms with Crippen LogP contribution >= 0.6 is 0 Å². The second-order valence-corrected chi connectivity index (χ2v) is 3.87. The van der Waals surface area contributed by atoms with Crippen LogP contribution in [0.15, 0.2) is 42.6 Å². The summed E-state index contributed by atoms with van der Waals surface area (Å²) in [4.78, 5) is 15.7. The van der Waals surface area contributed by atoms with Crippen molar-refractivity contribution < 1.29 is 9.18 Å². The Kier molecular flexibility index (Phi) is 4.43. The third-order valence-electron chi connectivity index (χ3n) is 2.46. The van der Waals surface area contributed by atoms with Crippen LogP contribution in [0.4, 0.5) is 10.1 Å². The van der Waals surface area contributed by atoms with Crippen LogP contribution in [0.2, 0.25) is 0 Å². The van der Waals surface area contributed by atoms with Gasteiger partial charge in [0.15, 0.2) is 0 Å². The van der Waals surface area contributed by atoms with E-state index in [0.717, 1.165) is 6.20 Å². The van der Waals surface area contributed by atoms with Crippen molar-refractivity contribution in [2.45, 2.75) is 0 Å². The molecule has 0 fully saturated rings. The lowest BCUT2D eigenvalue weighted by Gasteiger charge is -2.06. The lowest BCUT2D eigenvalue weighted by molar-refractivity contribution is 0.102. The Morgan fingerprint density at radius 2 is 2.10 bits per heavy atom. The van der Waals surface area contributed by atoms with E-state index in [-0.39, 0.29) is 12.2 Å². The number of aromatic nitrogens is 1. The van der Waals surface area contributed by atoms with Crippen molar-refractivity contribution in [1.82, 2.24) is 4.98 Å². The summed E-state index contributed by atoms with van der Waals surface area (Å²) in [5, 5.41) is 2.69. The van der Waals surface area contributed by atoms with Crippen LogP contribution in [-0.2, 0) is 0 Å². The first-order valence-corrected chi connectivity index (χ1v) is 5.91. The lowest BCUT2D eigenvalue weighted by atomic mass is 10.1. The predicted molar refractivity (Wildman–Crippen MR) is 74.5 cm³/mol. The molecule has 0 aliphatic carbocycles. The smallest absolute Gasteiger partial charge is 0.274 e. The maximum Gasteiger partial charge on any atom is 0.274 e. The van der Waals surface area contributed by atoms with E-state index in [1.54, 1.807) is 18.2 Å². The molecule has 3 N–H and O–H groups in total. The van der Waals surface area contributed by atoms with Gasteiger partial charge in [0.2, 0.25) is 0 Å². The number of rotatable bonds is 2. The van der Waals surface area contributed by atoms with Gasteiger partial charge in [-0.1, -0.05) is 24.0 Å². The van der Waals surface area contributed by atoms with Crippen LogP contribution in [0, 0.1) is 17.7 Å². The minimum Gasteiger partial charge on any atom is -0.320 e. The number of nitrogens with one attached hydrogen (secondary N) is 1. The van der Waals surface area contributed by atoms with Crippen molar-refractivity contribution in [2.75, 3.05) is 11.9 Å². The van der Waals surface area contributed by atoms with Gasteiger partial charge in [0.05, 0.1) is 18.4 Å². The number of carbonyl (C=O) groups excluding carboxylic acids is 1. The Bertz CT molecular complexity index is 672. The van der Waals surface area contributed by atoms with Crippen LogP contribution in [0.1, 0.15) is 16.1 Å². The van der Waals surface area contributed by atoms with E-state index in [0.29, 0.717) is 11.3 Å². The minimum atomic E-state index is -0.490. The SMILES string of the molecule is NCC#Cc1ccccc1NC(=O)c1ccc(F)cn1. The lowest BCUT2D eigenvalue weighted by Crippen LogP contribution is -2.14. The molecular weight excluding hydrogens is 257 g/mol. The fourth-order valence-electron chi connectivity index (χ4n) is 1.54. The van der Waals surface area contributed by atoms with E-state index in [9.17, 15) is 9.18 Å². The monoisotopic (exact) mass is 269 g/mol. The number of pyridine rings is 1. The zero-order chi connectivity index (χ0) is 14.4. The molecule has 2 aromatic rings. The fourth-order valence-corrected chi connectivity index (χ4v) is 1.54. The van der Waals surface area contributed by atoms with Crippen LogP contribution in [0.25, 0.3) is 0 Å². The van der Waals surface area contributed by atoms with E-state index < -0.39 is 11.7 Å². The topological polar surface area (TPSA) is 68.0 Å². The average Bonchev–Trinajstić information content (AvgIpc) is 2.47. The second-order valence-electron chi connectivity index (χ2n) is 3.87. The molecule has 1 aromatic heterocycles. The molecule has 0 radical (unpaired) electrons. The van der Waals surface area contributed by atoms with E-state index >= 15 is 0 Å². The fraction of sp³-hybridized carbons (Fsp3) is 0.0667. The van der Waals surface area contributed by atoms with E-state index in [2.05, 4.69) is 22.1 Å². The number of halogens is 1. The highest BCUT2D eigenvalue weighted by Crippen LogP contribution is 2.14. The van der Waals surface area contributed by atoms with Gasteiger partial charge in [-0.3, -0.25) is 4.79 Å². The standard InChI is InChI=1S/C15H12FN3O/c16-12-7-8-14(18-10-12)15(20)19-13-6-2-1-4-11(13)5-3-9-17/h1-2,4,6-8,10H,9,17H2,(H,19,20). The first kappa shape index (κ1) is 13.7. The summed E-state index contributed by atoms with van der Waals surface area (Å²) >= 11 is 0. The molecule has 0 spiro atoms. The molecule has 0 unspecified atom stereocenters. The molecule has 20 heavy (non-hydrogen) atoms. The van der Waals surface area contributed by atoms with Crippen molar-refractivity contribution in [3.05, 3.63) is 59.7 Å². The van der Waals surface area contributed by atoms with Crippen molar-refractivity contribution in [3.8, 4) is 11.8 Å². The van der Waals surface area contributed by atoms with Gasteiger partial charge < -0.3 is 11.1 Å². The summed E-state index contributed by atoms with van der Waals surface area (Å²) < 4.78 is 12.8. The maximum absolute atomic E-state index is 12.8. The number of anilines is 1. The summed E-state index contributed by atoms with van der Waals surface area (Å²) in [5.74, 6) is 4.68. The van der Waals surface area contributed by atoms with Gasteiger partial charge in [0, 0.05) is 5.56 Å². The summed E-state index contributed by atoms with van der Waals surface area (Å²) in [5.41, 5.74) is 6.68. The molecule has 0 atom stereocenters. The molecule has 100 valence electrons. The molecule has 4 nitrogen and oxygen atoms in total. The minimum absolute atomic E-state index is 0.132. The number of nitrogens with two attached hydrogens (primary N) is 1. The van der Waals surface area contributed by atoms with Crippen LogP contribution in [0.3, 0.4) is 0 Å². The molecule has 0 aliphatic rings. The number of carbonyl (C=O) groups is 1. The van der Waals surface area contributed by atoms with Crippen LogP contribution in [0.5, 0.6) is 0 Å². The predicted octanol–water partition coefficient (Wildman–Crippen LogP) is 1.78. The Labute approximate surface area is 115 Å². The van der Waals surface area contributed by atoms with Crippen molar-refractivity contribution >= 4 is 11.6 Å². The number of benzene rings is 1. The first-order valence-electron chi connectivity index (χ1n) is 5.91. The quantitative estimate of drug-likeness (QED) is 0.817. The van der Waals surface area contributed by atoms with Crippen molar-refractivity contribution in [1.29, 1.82) is 0 Å². The highest BCUT2D eigenvalue weighted by Gasteiger charge is 2.09. The van der Waals surface area contributed by atoms with Gasteiger partial charge >= 0.3 is 0 Å². The Balaban J connectivity index is 2.21. The molecule has 0 aliphatic heterocycles. The average molecular weight is 269 g/mol. The van der Waals surface area contributed by atoms with Crippen molar-refractivity contribution in [2.24, 2.45) is 5.73 Å². The Morgan fingerprint density at radius 3 is 2.80 bits per heavy atom. The summed E-state index contributed by atoms with van der Waals surface area (Å²) in [6.07, 6.45) is 0.995. The molecular formula is C15H12FN3O. The molecule has 1 heterocycles. The summed E-state index contributed by atoms with van der Waals surface area (Å²) in [6.45, 7) is 0.238. The van der Waals surface area contributed by atoms with Crippen molar-refractivity contribution in [3.63, 3.8) is 0 Å². The van der Waals surface area contributed by atoms with Gasteiger partial charge in [-0.2, -0.15) is 0 Å². The summed E-state index contributed by atoms with van der Waals surface area (Å²) in [7, 11) is 0. The van der Waals surface area contributed by atoms with Crippen LogP contribution < -0.4 is 11.1 Å². The van der Waals surface area contributed by atoms with Gasteiger partial charge in [-0.25, -0.2) is 9.37 Å². The zero-order valence-corrected chi connectivity index (χ0v) is 10.6. The first-order chi connectivity index (χ1) is 9.70. The molecule has 1 amide bonds. The Hall–Kier alpha value is -2.71. The van der Waals surface area contributed by atoms with Gasteiger partial charge in [-0.15, -0.1) is 0 Å². The Morgan fingerprint density at radius 1 is 1.30 bits per heavy atom. The highest BCUT2D eigenvalue weighted by atomic mass is 19.1. The van der Waals surface area contributed by atoms with E-state index in [1.807, 2.05) is 6.07 Å². The number of para-hydroxylation sites is 1. The largest absolute Gasteiger partial charge is 0.320 e.